The maximum absolute atomic E-state index is 13.6. The molecule has 35 heavy (non-hydrogen) atoms. The summed E-state index contributed by atoms with van der Waals surface area (Å²) in [4.78, 5) is 53.2. The molecule has 1 aromatic carbocycles. The van der Waals surface area contributed by atoms with E-state index in [1.807, 2.05) is 6.08 Å². The predicted molar refractivity (Wildman–Crippen MR) is 124 cm³/mol. The van der Waals surface area contributed by atoms with Crippen LogP contribution in [-0.4, -0.2) is 30.6 Å². The van der Waals surface area contributed by atoms with E-state index >= 15 is 0 Å². The van der Waals surface area contributed by atoms with Crippen LogP contribution in [0.25, 0.3) is 5.69 Å². The van der Waals surface area contributed by atoms with Crippen LogP contribution >= 0.6 is 0 Å². The highest BCUT2D eigenvalue weighted by molar-refractivity contribution is 6.23. The third-order valence-corrected chi connectivity index (χ3v) is 6.97. The van der Waals surface area contributed by atoms with Gasteiger partial charge in [-0.1, -0.05) is 24.3 Å². The van der Waals surface area contributed by atoms with Crippen LogP contribution in [-0.2, 0) is 22.7 Å². The molecule has 9 heteroatoms. The number of nitrogens with zero attached hydrogens (tertiary/aromatic N) is 3. The first-order valence-corrected chi connectivity index (χ1v) is 11.3. The summed E-state index contributed by atoms with van der Waals surface area (Å²) < 4.78 is 9.70. The van der Waals surface area contributed by atoms with Crippen molar-refractivity contribution in [3.05, 3.63) is 109 Å². The predicted octanol–water partition coefficient (Wildman–Crippen LogP) is 1.95. The number of rotatable bonds is 3. The van der Waals surface area contributed by atoms with Gasteiger partial charge in [-0.15, -0.1) is 0 Å². The van der Waals surface area contributed by atoms with E-state index in [9.17, 15) is 24.3 Å². The molecule has 3 heterocycles. The van der Waals surface area contributed by atoms with E-state index < -0.39 is 23.3 Å². The molecule has 6 rings (SSSR count). The summed E-state index contributed by atoms with van der Waals surface area (Å²) in [7, 11) is 0. The van der Waals surface area contributed by atoms with Crippen molar-refractivity contribution >= 4 is 11.6 Å². The summed E-state index contributed by atoms with van der Waals surface area (Å²) in [6, 6.07) is 11.3. The molecule has 0 fully saturated rings. The third kappa shape index (κ3) is 2.98. The summed E-state index contributed by atoms with van der Waals surface area (Å²) >= 11 is 0. The maximum atomic E-state index is 13.6. The highest BCUT2D eigenvalue weighted by Crippen LogP contribution is 2.49. The van der Waals surface area contributed by atoms with Crippen LogP contribution in [0.2, 0.25) is 0 Å². The van der Waals surface area contributed by atoms with Gasteiger partial charge in [-0.05, 0) is 42.8 Å². The number of Topliss-reactive ketones (excluding diaryl/α,β-unsaturated/α-hetero) is 1. The smallest absolute Gasteiger partial charge is 0.352 e. The summed E-state index contributed by atoms with van der Waals surface area (Å²) in [5.41, 5.74) is 1.15. The first-order chi connectivity index (χ1) is 16.9. The molecule has 0 amide bonds. The van der Waals surface area contributed by atoms with Crippen molar-refractivity contribution in [2.45, 2.75) is 38.5 Å². The Kier molecular flexibility index (Phi) is 4.65. The first-order valence-electron chi connectivity index (χ1n) is 11.3. The van der Waals surface area contributed by atoms with Crippen LogP contribution in [0.5, 0.6) is 0 Å². The highest BCUT2D eigenvalue weighted by atomic mass is 16.4. The molecule has 0 spiro atoms. The summed E-state index contributed by atoms with van der Waals surface area (Å²) in [6.07, 6.45) is 3.28. The SMILES string of the molecule is CC1=CC(=O)C2=C(C[C@@H]3C(=CCn4c(=O)n(-c5ccccc5)c(=O)n43)[C@@H]2c2ccc(CO)o2)C1=O. The Bertz CT molecular complexity index is 1620. The Labute approximate surface area is 198 Å². The molecule has 1 aliphatic heterocycles. The topological polar surface area (TPSA) is 116 Å². The fourth-order valence-electron chi connectivity index (χ4n) is 5.41. The normalized spacial score (nSPS) is 21.3. The molecule has 176 valence electrons. The lowest BCUT2D eigenvalue weighted by Crippen LogP contribution is -2.40. The van der Waals surface area contributed by atoms with E-state index in [1.165, 1.54) is 15.4 Å². The van der Waals surface area contributed by atoms with Crippen molar-refractivity contribution in [2.75, 3.05) is 0 Å². The van der Waals surface area contributed by atoms with Crippen LogP contribution in [0.1, 0.15) is 36.8 Å². The number of para-hydroxylation sites is 1. The molecular formula is C26H21N3O6. The average molecular weight is 471 g/mol. The minimum Gasteiger partial charge on any atom is -0.463 e. The van der Waals surface area contributed by atoms with Crippen molar-refractivity contribution in [2.24, 2.45) is 0 Å². The molecule has 0 saturated heterocycles. The quantitative estimate of drug-likeness (QED) is 0.461. The van der Waals surface area contributed by atoms with E-state index in [1.54, 1.807) is 49.4 Å². The number of carbonyl (C=O) groups excluding carboxylic acids is 2. The second kappa shape index (κ2) is 7.64. The fourth-order valence-corrected chi connectivity index (χ4v) is 5.41. The third-order valence-electron chi connectivity index (χ3n) is 6.97. The second-order valence-electron chi connectivity index (χ2n) is 8.89. The molecular weight excluding hydrogens is 450 g/mol. The Balaban J connectivity index is 1.58. The van der Waals surface area contributed by atoms with E-state index in [0.717, 1.165) is 4.57 Å². The van der Waals surface area contributed by atoms with Gasteiger partial charge in [0.25, 0.3) is 0 Å². The zero-order valence-electron chi connectivity index (χ0n) is 18.8. The number of hydrogen-bond donors (Lipinski definition) is 1. The van der Waals surface area contributed by atoms with Gasteiger partial charge in [0, 0.05) is 23.1 Å². The zero-order chi connectivity index (χ0) is 24.4. The van der Waals surface area contributed by atoms with Gasteiger partial charge in [-0.2, -0.15) is 0 Å². The molecule has 0 bridgehead atoms. The number of benzene rings is 1. The molecule has 2 aliphatic carbocycles. The van der Waals surface area contributed by atoms with Crippen molar-refractivity contribution in [1.29, 1.82) is 0 Å². The number of furan rings is 1. The molecule has 2 atom stereocenters. The molecule has 1 N–H and O–H groups in total. The van der Waals surface area contributed by atoms with Gasteiger partial charge in [0.15, 0.2) is 11.6 Å². The number of aliphatic hydroxyl groups excluding tert-OH is 1. The molecule has 9 nitrogen and oxygen atoms in total. The van der Waals surface area contributed by atoms with E-state index in [4.69, 9.17) is 4.42 Å². The standard InChI is InChI=1S/C26H21N3O6/c1-14-11-20(31)22-18(24(14)32)12-19-17(23(22)21-8-7-16(13-30)35-21)9-10-27-25(33)28(26(34)29(19)27)15-5-3-2-4-6-15/h2-9,11,19,23,30H,10,12-13H2,1H3/t19-,23-/m1/s1. The van der Waals surface area contributed by atoms with Gasteiger partial charge in [-0.25, -0.2) is 23.5 Å². The Hall–Kier alpha value is -4.24. The van der Waals surface area contributed by atoms with Gasteiger partial charge < -0.3 is 9.52 Å². The van der Waals surface area contributed by atoms with Crippen LogP contribution < -0.4 is 11.4 Å². The molecule has 3 aromatic rings. The number of hydrogen-bond acceptors (Lipinski definition) is 6. The van der Waals surface area contributed by atoms with Gasteiger partial charge >= 0.3 is 11.4 Å². The highest BCUT2D eigenvalue weighted by Gasteiger charge is 2.45. The van der Waals surface area contributed by atoms with E-state index in [-0.39, 0.29) is 31.1 Å². The van der Waals surface area contributed by atoms with Gasteiger partial charge in [0.2, 0.25) is 0 Å². The molecule has 0 radical (unpaired) electrons. The van der Waals surface area contributed by atoms with Crippen LogP contribution in [0.4, 0.5) is 0 Å². The van der Waals surface area contributed by atoms with Crippen molar-refractivity contribution in [3.8, 4) is 5.69 Å². The Morgan fingerprint density at radius 1 is 1.03 bits per heavy atom. The lowest BCUT2D eigenvalue weighted by Gasteiger charge is -2.38. The van der Waals surface area contributed by atoms with Gasteiger partial charge in [0.1, 0.15) is 18.1 Å². The molecule has 3 aliphatic rings. The molecule has 0 unspecified atom stereocenters. The number of ketones is 2. The van der Waals surface area contributed by atoms with Gasteiger partial charge in [0.05, 0.1) is 24.2 Å². The van der Waals surface area contributed by atoms with Crippen molar-refractivity contribution in [3.63, 3.8) is 0 Å². The van der Waals surface area contributed by atoms with E-state index in [2.05, 4.69) is 0 Å². The minimum absolute atomic E-state index is 0.110. The average Bonchev–Trinajstić information content (AvgIpc) is 3.44. The van der Waals surface area contributed by atoms with Crippen molar-refractivity contribution in [1.82, 2.24) is 13.9 Å². The lowest BCUT2D eigenvalue weighted by atomic mass is 9.69. The number of fused-ring (bicyclic) bond motifs is 3. The first kappa shape index (κ1) is 21.3. The lowest BCUT2D eigenvalue weighted by molar-refractivity contribution is -0.116. The van der Waals surface area contributed by atoms with Crippen LogP contribution in [0, 0.1) is 0 Å². The number of carbonyl (C=O) groups is 2. The zero-order valence-corrected chi connectivity index (χ0v) is 18.8. The van der Waals surface area contributed by atoms with Crippen LogP contribution in [0.3, 0.4) is 0 Å². The fraction of sp³-hybridized carbons (Fsp3) is 0.231. The summed E-state index contributed by atoms with van der Waals surface area (Å²) in [5, 5.41) is 9.51. The summed E-state index contributed by atoms with van der Waals surface area (Å²) in [5.74, 6) is -0.516. The van der Waals surface area contributed by atoms with Crippen molar-refractivity contribution < 1.29 is 19.1 Å². The Morgan fingerprint density at radius 3 is 2.51 bits per heavy atom. The largest absolute Gasteiger partial charge is 0.463 e. The number of aliphatic hydroxyl groups is 1. The van der Waals surface area contributed by atoms with Gasteiger partial charge in [-0.3, -0.25) is 9.59 Å². The second-order valence-corrected chi connectivity index (χ2v) is 8.89. The number of aromatic nitrogens is 3. The number of allylic oxidation sites excluding steroid dienone is 6. The Morgan fingerprint density at radius 2 is 1.80 bits per heavy atom. The monoisotopic (exact) mass is 471 g/mol. The molecule has 0 saturated carbocycles. The maximum Gasteiger partial charge on any atom is 0.352 e. The minimum atomic E-state index is -0.708. The summed E-state index contributed by atoms with van der Waals surface area (Å²) in [6.45, 7) is 1.41. The molecule has 2 aromatic heterocycles. The van der Waals surface area contributed by atoms with E-state index in [0.29, 0.717) is 39.5 Å². The van der Waals surface area contributed by atoms with Crippen LogP contribution in [0.15, 0.2) is 90.9 Å².